The van der Waals surface area contributed by atoms with Crippen LogP contribution in [-0.4, -0.2) is 184 Å². The summed E-state index contributed by atoms with van der Waals surface area (Å²) in [6, 6.07) is 20.1. The fourth-order valence-corrected chi connectivity index (χ4v) is 15.4. The largest absolute Gasteiger partial charge is 0.506 e. The minimum absolute atomic E-state index is 0.00520. The number of nitrogens with zero attached hydrogens (tertiary/aromatic N) is 15. The lowest BCUT2D eigenvalue weighted by molar-refractivity contribution is -0.0394. The Bertz CT molecular complexity index is 4720. The summed E-state index contributed by atoms with van der Waals surface area (Å²) in [4.78, 5) is 17.5. The molecule has 4 aliphatic rings. The minimum atomic E-state index is -1.09. The van der Waals surface area contributed by atoms with Crippen molar-refractivity contribution in [3.63, 3.8) is 0 Å². The Balaban J connectivity index is 0.000000150. The second-order valence-electron chi connectivity index (χ2n) is 31.2. The number of hydrogen-bond donors (Lipinski definition) is 8. The third-order valence-corrected chi connectivity index (χ3v) is 20.2. The molecule has 10 aromatic rings. The number of methoxy groups -OCH3 is 3. The molecule has 110 heavy (non-hydrogen) atoms. The Morgan fingerprint density at radius 3 is 1.28 bits per heavy atom. The molecule has 0 saturated carbocycles. The van der Waals surface area contributed by atoms with Crippen LogP contribution in [0.4, 0.5) is 30.6 Å². The molecule has 4 aliphatic heterocycles. The maximum atomic E-state index is 15.2. The van der Waals surface area contributed by atoms with Crippen LogP contribution in [0.2, 0.25) is 5.15 Å². The molecule has 7 atom stereocenters. The summed E-state index contributed by atoms with van der Waals surface area (Å²) in [7, 11) is 4.77. The van der Waals surface area contributed by atoms with Crippen LogP contribution in [0.5, 0.6) is 23.0 Å². The van der Waals surface area contributed by atoms with E-state index in [-0.39, 0.29) is 40.7 Å². The second-order valence-corrected chi connectivity index (χ2v) is 33.4. The predicted octanol–water partition coefficient (Wildman–Crippen LogP) is 15.0. The van der Waals surface area contributed by atoms with Gasteiger partial charge in [0.25, 0.3) is 0 Å². The average molecular weight is 1660 g/mol. The third-order valence-electron chi connectivity index (χ3n) is 19.1. The van der Waals surface area contributed by atoms with E-state index in [9.17, 15) is 13.9 Å². The third kappa shape index (κ3) is 20.3. The first-order chi connectivity index (χ1) is 52.1. The number of anilines is 3. The molecule has 584 valence electrons. The SMILES string of the molecule is CC1(C)C[C@H](Nc2ccc(-c3ncc(-c4cn[nH]c4)cc3O)nn2)[C@H](F)C(C)(C)N1.COc1cc(-c2cnn(C3CCCCO3)c2)cnc1-c1ccc(N[C@H]2CC(C)(C)NC(C)(C)[C@H]2F)nn1.COc1cc(Br)cnc1-c1ccc(Cl)nn1.COc1cc(Br)cnc1-c1ccc(N[C@H]2CC(C)(C)NC(C)(C)[C@H]2F)nn1. The Hall–Kier alpha value is -9.18. The molecule has 27 nitrogen and oxygen atoms in total. The summed E-state index contributed by atoms with van der Waals surface area (Å²) in [5, 5.41) is 74.8. The zero-order valence-corrected chi connectivity index (χ0v) is 68.0. The Morgan fingerprint density at radius 1 is 0.491 bits per heavy atom. The van der Waals surface area contributed by atoms with Crippen LogP contribution in [0.15, 0.2) is 131 Å². The van der Waals surface area contributed by atoms with Gasteiger partial charge in [0.2, 0.25) is 0 Å². The number of halogens is 6. The highest BCUT2D eigenvalue weighted by atomic mass is 79.9. The van der Waals surface area contributed by atoms with Gasteiger partial charge in [0, 0.05) is 108 Å². The lowest BCUT2D eigenvalue weighted by Crippen LogP contribution is -2.67. The molecular formula is C77H94Br2ClF3N22O5. The quantitative estimate of drug-likeness (QED) is 0.0445. The van der Waals surface area contributed by atoms with Crippen molar-refractivity contribution < 1.29 is 37.2 Å². The van der Waals surface area contributed by atoms with Crippen molar-refractivity contribution in [1.82, 2.24) is 96.7 Å². The molecule has 0 spiro atoms. The first kappa shape index (κ1) is 81.8. The highest BCUT2D eigenvalue weighted by molar-refractivity contribution is 9.10. The van der Waals surface area contributed by atoms with E-state index in [0.717, 1.165) is 57.1 Å². The van der Waals surface area contributed by atoms with E-state index in [0.29, 0.717) is 105 Å². The summed E-state index contributed by atoms with van der Waals surface area (Å²) in [6.07, 6.45) is 15.8. The van der Waals surface area contributed by atoms with Gasteiger partial charge in [-0.15, -0.1) is 40.8 Å². The van der Waals surface area contributed by atoms with Gasteiger partial charge in [-0.05, 0) is 226 Å². The van der Waals surface area contributed by atoms with Crippen molar-refractivity contribution in [2.75, 3.05) is 43.9 Å². The summed E-state index contributed by atoms with van der Waals surface area (Å²) in [5.41, 5.74) is 5.24. The van der Waals surface area contributed by atoms with E-state index >= 15 is 4.39 Å². The molecule has 4 saturated heterocycles. The van der Waals surface area contributed by atoms with E-state index in [1.54, 1.807) is 107 Å². The number of H-pyrrole nitrogens is 1. The number of aromatic nitrogens is 16. The minimum Gasteiger partial charge on any atom is -0.506 e. The fraction of sp³-hybridized carbons (Fsp3) is 0.455. The Labute approximate surface area is 659 Å². The number of ether oxygens (including phenoxy) is 4. The molecular weight excluding hydrogens is 1570 g/mol. The maximum absolute atomic E-state index is 15.2. The van der Waals surface area contributed by atoms with Gasteiger partial charge in [-0.2, -0.15) is 10.2 Å². The first-order valence-electron chi connectivity index (χ1n) is 36.0. The number of piperidine rings is 3. The van der Waals surface area contributed by atoms with Crippen LogP contribution in [0.1, 0.15) is 128 Å². The second kappa shape index (κ2) is 34.2. The van der Waals surface area contributed by atoms with E-state index in [1.807, 2.05) is 82.9 Å². The van der Waals surface area contributed by atoms with Crippen LogP contribution >= 0.6 is 43.5 Å². The van der Waals surface area contributed by atoms with E-state index in [1.165, 1.54) is 0 Å². The zero-order chi connectivity index (χ0) is 79.1. The van der Waals surface area contributed by atoms with Crippen LogP contribution < -0.4 is 46.1 Å². The summed E-state index contributed by atoms with van der Waals surface area (Å²) in [5.74, 6) is 3.36. The molecule has 14 heterocycles. The highest BCUT2D eigenvalue weighted by Gasteiger charge is 2.49. The maximum Gasteiger partial charge on any atom is 0.151 e. The number of pyridine rings is 4. The predicted molar refractivity (Wildman–Crippen MR) is 425 cm³/mol. The molecule has 14 rings (SSSR count). The standard InChI is InChI=1S/C27H36FN7O2.C21H26FN7O.C19H25BrFN5O.C10H7BrClN3O/c1-26(2)13-20(25(28)27(3,4)34-26)31-22-10-9-19(32-33-22)24-21(36-5)12-17(14-29-24)18-15-30-35(16-18)23-8-6-7-11-37-23;1-20(2)8-15(19(22)21(3,4)29-20)26-17-6-5-14(27-28-17)18-16(30)7-12(9-23-18)13-10-24-25-11-13;1-18(2)9-13(17(21)19(3,4)26-18)23-15-7-6-12(24-25-15)16-14(27-5)8-11(20)10-22-16;1-16-8-4-6(11)5-13-10(8)7-2-3-9(12)15-14-7/h9-10,12,14-16,20,23,25,34H,6-8,11,13H2,1-5H3,(H,31,33);5-7,9-11,15,19,29-30H,8H2,1-4H3,(H,24,25)(H,26,28);6-8,10,13,17,26H,9H2,1-5H3,(H,23,25);2-5H,1H3/t20-,23?,25-;15-,19-;13-,17-;/m000./s1. The summed E-state index contributed by atoms with van der Waals surface area (Å²) in [6.45, 7) is 24.5. The molecule has 10 aromatic heterocycles. The van der Waals surface area contributed by atoms with Gasteiger partial charge >= 0.3 is 0 Å². The Kier molecular flexibility index (Phi) is 25.4. The van der Waals surface area contributed by atoms with Crippen LogP contribution in [0, 0.1) is 0 Å². The van der Waals surface area contributed by atoms with Crippen molar-refractivity contribution >= 4 is 60.9 Å². The van der Waals surface area contributed by atoms with Crippen LogP contribution in [-0.2, 0) is 4.74 Å². The number of aromatic hydroxyl groups is 1. The van der Waals surface area contributed by atoms with E-state index < -0.39 is 41.2 Å². The molecule has 8 N–H and O–H groups in total. The fourth-order valence-electron chi connectivity index (χ4n) is 14.7. The van der Waals surface area contributed by atoms with Crippen molar-refractivity contribution in [2.24, 2.45) is 0 Å². The molecule has 0 bridgehead atoms. The molecule has 0 amide bonds. The van der Waals surface area contributed by atoms with Gasteiger partial charge < -0.3 is 56.0 Å². The molecule has 4 fully saturated rings. The molecule has 0 radical (unpaired) electrons. The van der Waals surface area contributed by atoms with Crippen molar-refractivity contribution in [1.29, 1.82) is 0 Å². The molecule has 0 aromatic carbocycles. The van der Waals surface area contributed by atoms with Gasteiger partial charge in [-0.1, -0.05) is 11.6 Å². The highest BCUT2D eigenvalue weighted by Crippen LogP contribution is 2.40. The van der Waals surface area contributed by atoms with Crippen molar-refractivity contribution in [3.8, 4) is 90.8 Å². The van der Waals surface area contributed by atoms with E-state index in [4.69, 9.17) is 30.5 Å². The van der Waals surface area contributed by atoms with Crippen LogP contribution in [0.25, 0.3) is 67.8 Å². The average Bonchev–Trinajstić information content (AvgIpc) is 1.23. The van der Waals surface area contributed by atoms with Crippen molar-refractivity contribution in [2.45, 2.75) is 198 Å². The molecule has 1 unspecified atom stereocenters. The van der Waals surface area contributed by atoms with Gasteiger partial charge in [0.1, 0.15) is 111 Å². The number of hydrogen-bond acceptors (Lipinski definition) is 25. The van der Waals surface area contributed by atoms with Crippen molar-refractivity contribution in [3.05, 3.63) is 136 Å². The van der Waals surface area contributed by atoms with Crippen LogP contribution in [0.3, 0.4) is 0 Å². The topological polar surface area (TPSA) is 331 Å². The first-order valence-corrected chi connectivity index (χ1v) is 38.0. The Morgan fingerprint density at radius 2 is 0.900 bits per heavy atom. The van der Waals surface area contributed by atoms with Gasteiger partial charge in [0.15, 0.2) is 5.15 Å². The number of alkyl halides is 3. The normalized spacial score (nSPS) is 21.8. The molecule has 33 heteroatoms. The van der Waals surface area contributed by atoms with Gasteiger partial charge in [-0.3, -0.25) is 5.10 Å². The summed E-state index contributed by atoms with van der Waals surface area (Å²) >= 11 is 12.4. The monoisotopic (exact) mass is 1660 g/mol. The summed E-state index contributed by atoms with van der Waals surface area (Å²) < 4.78 is 70.7. The number of rotatable bonds is 16. The lowest BCUT2D eigenvalue weighted by atomic mass is 9.78. The zero-order valence-electron chi connectivity index (χ0n) is 64.1. The lowest BCUT2D eigenvalue weighted by Gasteiger charge is -2.48. The van der Waals surface area contributed by atoms with E-state index in [2.05, 4.69) is 181 Å². The van der Waals surface area contributed by atoms with Gasteiger partial charge in [-0.25, -0.2) is 37.8 Å². The smallest absolute Gasteiger partial charge is 0.151 e. The molecule has 0 aliphatic carbocycles. The number of aromatic amines is 1. The van der Waals surface area contributed by atoms with Gasteiger partial charge in [0.05, 0.1) is 51.8 Å². The number of nitrogens with one attached hydrogen (secondary N) is 7.